The first-order chi connectivity index (χ1) is 10.3. The van der Waals surface area contributed by atoms with Gasteiger partial charge in [0.25, 0.3) is 5.91 Å². The van der Waals surface area contributed by atoms with Crippen molar-refractivity contribution in [1.29, 1.82) is 0 Å². The quantitative estimate of drug-likeness (QED) is 0.470. The first-order valence-corrected chi connectivity index (χ1v) is 6.91. The van der Waals surface area contributed by atoms with E-state index in [4.69, 9.17) is 5.11 Å². The molecular weight excluding hydrogens is 286 g/mol. The first-order valence-electron chi connectivity index (χ1n) is 6.91. The predicted octanol–water partition coefficient (Wildman–Crippen LogP) is 1.37. The van der Waals surface area contributed by atoms with Crippen LogP contribution in [0.3, 0.4) is 0 Å². The molecule has 22 heavy (non-hydrogen) atoms. The summed E-state index contributed by atoms with van der Waals surface area (Å²) in [7, 11) is 0. The van der Waals surface area contributed by atoms with E-state index in [1.807, 2.05) is 13.8 Å². The number of phenolic OH excluding ortho intramolecular Hbond substituents is 2. The Morgan fingerprint density at radius 1 is 1.27 bits per heavy atom. The number of nitrogens with zero attached hydrogens (tertiary/aromatic N) is 1. The number of benzene rings is 1. The van der Waals surface area contributed by atoms with Crippen LogP contribution in [0.25, 0.3) is 0 Å². The van der Waals surface area contributed by atoms with Gasteiger partial charge in [-0.05, 0) is 25.0 Å². The monoisotopic (exact) mass is 307 g/mol. The van der Waals surface area contributed by atoms with Gasteiger partial charge in [0.1, 0.15) is 11.5 Å². The molecule has 0 heterocycles. The number of carbonyl (C=O) groups excluding carboxylic acids is 2. The van der Waals surface area contributed by atoms with Crippen molar-refractivity contribution >= 4 is 17.5 Å². The van der Waals surface area contributed by atoms with Crippen LogP contribution >= 0.6 is 0 Å². The number of hydrogen-bond acceptors (Lipinski definition) is 5. The highest BCUT2D eigenvalue weighted by Crippen LogP contribution is 2.22. The van der Waals surface area contributed by atoms with Gasteiger partial charge in [0.15, 0.2) is 0 Å². The Morgan fingerprint density at radius 3 is 2.55 bits per heavy atom. The molecule has 0 aliphatic carbocycles. The molecule has 0 aliphatic rings. The number of nitrogens with one attached hydrogen (secondary N) is 2. The zero-order chi connectivity index (χ0) is 16.7. The molecule has 7 nitrogen and oxygen atoms in total. The fourth-order valence-electron chi connectivity index (χ4n) is 1.57. The van der Waals surface area contributed by atoms with Crippen LogP contribution in [0.1, 0.15) is 37.6 Å². The van der Waals surface area contributed by atoms with E-state index >= 15 is 0 Å². The lowest BCUT2D eigenvalue weighted by molar-refractivity contribution is -0.120. The van der Waals surface area contributed by atoms with Crippen molar-refractivity contribution in [3.8, 4) is 11.5 Å². The zero-order valence-corrected chi connectivity index (χ0v) is 12.9. The molecule has 1 aromatic carbocycles. The van der Waals surface area contributed by atoms with Gasteiger partial charge in [0.2, 0.25) is 5.91 Å². The molecule has 0 unspecified atom stereocenters. The van der Waals surface area contributed by atoms with Crippen LogP contribution in [0, 0.1) is 5.92 Å². The van der Waals surface area contributed by atoms with Crippen molar-refractivity contribution in [2.24, 2.45) is 11.0 Å². The molecular formula is C15H21N3O4. The molecule has 0 atom stereocenters. The number of rotatable bonds is 6. The molecule has 0 radical (unpaired) electrons. The second-order valence-electron chi connectivity index (χ2n) is 5.36. The molecule has 0 aliphatic heterocycles. The Bertz CT molecular complexity index is 582. The molecule has 0 fully saturated rings. The predicted molar refractivity (Wildman–Crippen MR) is 82.8 cm³/mol. The summed E-state index contributed by atoms with van der Waals surface area (Å²) in [5.41, 5.74) is 2.68. The number of hydrazone groups is 1. The van der Waals surface area contributed by atoms with Crippen LogP contribution in [-0.4, -0.2) is 34.3 Å². The molecule has 0 aromatic heterocycles. The molecule has 0 saturated carbocycles. The lowest BCUT2D eigenvalue weighted by Crippen LogP contribution is -2.29. The van der Waals surface area contributed by atoms with Gasteiger partial charge in [-0.15, -0.1) is 0 Å². The molecule has 1 aromatic rings. The van der Waals surface area contributed by atoms with Crippen molar-refractivity contribution in [2.45, 2.75) is 27.2 Å². The summed E-state index contributed by atoms with van der Waals surface area (Å²) in [6.45, 7) is 6.18. The van der Waals surface area contributed by atoms with E-state index in [1.54, 1.807) is 6.92 Å². The van der Waals surface area contributed by atoms with Crippen LogP contribution in [-0.2, 0) is 4.79 Å². The van der Waals surface area contributed by atoms with Gasteiger partial charge in [-0.3, -0.25) is 9.59 Å². The molecule has 2 amide bonds. The highest BCUT2D eigenvalue weighted by molar-refractivity contribution is 6.01. The van der Waals surface area contributed by atoms with E-state index < -0.39 is 5.91 Å². The lowest BCUT2D eigenvalue weighted by Gasteiger charge is -2.07. The van der Waals surface area contributed by atoms with Crippen molar-refractivity contribution in [2.75, 3.05) is 6.54 Å². The minimum Gasteiger partial charge on any atom is -0.508 e. The third kappa shape index (κ3) is 5.82. The Labute approximate surface area is 129 Å². The highest BCUT2D eigenvalue weighted by atomic mass is 16.3. The van der Waals surface area contributed by atoms with Crippen LogP contribution in [0.5, 0.6) is 11.5 Å². The van der Waals surface area contributed by atoms with E-state index in [0.717, 1.165) is 6.07 Å². The molecule has 4 N–H and O–H groups in total. The SMILES string of the molecule is C/C(CC(=O)NCC(C)C)=N/NC(=O)c1ccc(O)cc1O. The normalized spacial score (nSPS) is 11.4. The van der Waals surface area contributed by atoms with E-state index in [9.17, 15) is 14.7 Å². The average Bonchev–Trinajstić information content (AvgIpc) is 2.42. The van der Waals surface area contributed by atoms with Gasteiger partial charge < -0.3 is 15.5 Å². The maximum atomic E-state index is 11.8. The van der Waals surface area contributed by atoms with Crippen LogP contribution in [0.2, 0.25) is 0 Å². The molecule has 0 saturated heterocycles. The summed E-state index contributed by atoms with van der Waals surface area (Å²) in [5, 5.41) is 25.3. The van der Waals surface area contributed by atoms with Crippen molar-refractivity contribution in [1.82, 2.24) is 10.7 Å². The van der Waals surface area contributed by atoms with Crippen molar-refractivity contribution < 1.29 is 19.8 Å². The molecule has 7 heteroatoms. The number of carbonyl (C=O) groups is 2. The van der Waals surface area contributed by atoms with Gasteiger partial charge in [-0.25, -0.2) is 5.43 Å². The number of amides is 2. The van der Waals surface area contributed by atoms with E-state index in [1.165, 1.54) is 12.1 Å². The summed E-state index contributed by atoms with van der Waals surface area (Å²) in [4.78, 5) is 23.4. The topological polar surface area (TPSA) is 111 Å². The zero-order valence-electron chi connectivity index (χ0n) is 12.9. The Balaban J connectivity index is 2.55. The van der Waals surface area contributed by atoms with Crippen molar-refractivity contribution in [3.63, 3.8) is 0 Å². The first kappa shape index (κ1) is 17.5. The van der Waals surface area contributed by atoms with Crippen LogP contribution in [0.15, 0.2) is 23.3 Å². The van der Waals surface area contributed by atoms with Crippen LogP contribution < -0.4 is 10.7 Å². The number of aromatic hydroxyl groups is 2. The Morgan fingerprint density at radius 2 is 1.95 bits per heavy atom. The van der Waals surface area contributed by atoms with Gasteiger partial charge in [0.05, 0.1) is 12.0 Å². The standard InChI is InChI=1S/C15H21N3O4/c1-9(2)8-16-14(21)6-10(3)17-18-15(22)12-5-4-11(19)7-13(12)20/h4-5,7,9,19-20H,6,8H2,1-3H3,(H,16,21)(H,18,22)/b17-10-. The maximum absolute atomic E-state index is 11.8. The summed E-state index contributed by atoms with van der Waals surface area (Å²) >= 11 is 0. The fraction of sp³-hybridized carbons (Fsp3) is 0.400. The smallest absolute Gasteiger partial charge is 0.275 e. The van der Waals surface area contributed by atoms with E-state index in [2.05, 4.69) is 15.8 Å². The molecule has 120 valence electrons. The number of phenols is 2. The van der Waals surface area contributed by atoms with E-state index in [-0.39, 0.29) is 29.4 Å². The lowest BCUT2D eigenvalue weighted by atomic mass is 10.2. The summed E-state index contributed by atoms with van der Waals surface area (Å²) in [6, 6.07) is 3.62. The summed E-state index contributed by atoms with van der Waals surface area (Å²) < 4.78 is 0. The Hall–Kier alpha value is -2.57. The highest BCUT2D eigenvalue weighted by Gasteiger charge is 2.11. The van der Waals surface area contributed by atoms with Gasteiger partial charge in [0, 0.05) is 18.3 Å². The van der Waals surface area contributed by atoms with Crippen LogP contribution in [0.4, 0.5) is 0 Å². The summed E-state index contributed by atoms with van der Waals surface area (Å²) in [6.07, 6.45) is 0.0779. The molecule has 0 bridgehead atoms. The van der Waals surface area contributed by atoms with Gasteiger partial charge >= 0.3 is 0 Å². The minimum atomic E-state index is -0.626. The third-order valence-corrected chi connectivity index (χ3v) is 2.70. The Kier molecular flexibility index (Phi) is 6.37. The molecule has 1 rings (SSSR count). The second-order valence-corrected chi connectivity index (χ2v) is 5.36. The summed E-state index contributed by atoms with van der Waals surface area (Å²) in [5.74, 6) is -0.926. The average molecular weight is 307 g/mol. The largest absolute Gasteiger partial charge is 0.508 e. The third-order valence-electron chi connectivity index (χ3n) is 2.70. The van der Waals surface area contributed by atoms with E-state index in [0.29, 0.717) is 18.2 Å². The van der Waals surface area contributed by atoms with Gasteiger partial charge in [-0.2, -0.15) is 5.10 Å². The molecule has 0 spiro atoms. The second kappa shape index (κ2) is 8.02. The fourth-order valence-corrected chi connectivity index (χ4v) is 1.57. The number of hydrogen-bond donors (Lipinski definition) is 4. The maximum Gasteiger partial charge on any atom is 0.275 e. The van der Waals surface area contributed by atoms with Crippen molar-refractivity contribution in [3.05, 3.63) is 23.8 Å². The van der Waals surface area contributed by atoms with Gasteiger partial charge in [-0.1, -0.05) is 13.8 Å². The minimum absolute atomic E-state index is 0.0152.